The SMILES string of the molecule is C=CCc1ccc(Oc2cc(CC=C)cc(OC)c2O)cc1. The number of phenols is 1. The van der Waals surface area contributed by atoms with Gasteiger partial charge in [-0.1, -0.05) is 24.3 Å². The lowest BCUT2D eigenvalue weighted by Crippen LogP contribution is -1.92. The number of benzene rings is 2. The smallest absolute Gasteiger partial charge is 0.201 e. The van der Waals surface area contributed by atoms with E-state index in [4.69, 9.17) is 9.47 Å². The van der Waals surface area contributed by atoms with E-state index in [2.05, 4.69) is 13.2 Å². The zero-order valence-electron chi connectivity index (χ0n) is 12.7. The van der Waals surface area contributed by atoms with Crippen molar-refractivity contribution in [3.05, 3.63) is 72.8 Å². The van der Waals surface area contributed by atoms with Gasteiger partial charge in [-0.3, -0.25) is 0 Å². The minimum absolute atomic E-state index is 0.00881. The quantitative estimate of drug-likeness (QED) is 0.756. The monoisotopic (exact) mass is 296 g/mol. The molecule has 0 aliphatic carbocycles. The standard InChI is InChI=1S/C19H20O3/c1-4-6-14-8-10-16(11-9-14)22-18-13-15(7-5-2)12-17(21-3)19(18)20/h4-5,8-13,20H,1-2,6-7H2,3H3. The van der Waals surface area contributed by atoms with Gasteiger partial charge in [0.2, 0.25) is 5.75 Å². The third-order valence-electron chi connectivity index (χ3n) is 3.23. The summed E-state index contributed by atoms with van der Waals surface area (Å²) in [7, 11) is 1.51. The normalized spacial score (nSPS) is 10.0. The summed E-state index contributed by atoms with van der Waals surface area (Å²) in [4.78, 5) is 0. The Balaban J connectivity index is 2.28. The number of phenolic OH excluding ortho intramolecular Hbond substituents is 1. The van der Waals surface area contributed by atoms with Gasteiger partial charge in [-0.2, -0.15) is 0 Å². The molecule has 0 radical (unpaired) electrons. The molecular formula is C19H20O3. The number of rotatable bonds is 7. The average molecular weight is 296 g/mol. The molecule has 0 saturated carbocycles. The van der Waals surface area contributed by atoms with Crippen molar-refractivity contribution in [2.75, 3.05) is 7.11 Å². The Morgan fingerprint density at radius 1 is 0.955 bits per heavy atom. The van der Waals surface area contributed by atoms with Crippen LogP contribution in [0.2, 0.25) is 0 Å². The number of aromatic hydroxyl groups is 1. The van der Waals surface area contributed by atoms with E-state index in [0.29, 0.717) is 23.7 Å². The van der Waals surface area contributed by atoms with Crippen molar-refractivity contribution in [2.24, 2.45) is 0 Å². The van der Waals surface area contributed by atoms with E-state index in [-0.39, 0.29) is 5.75 Å². The van der Waals surface area contributed by atoms with Gasteiger partial charge in [0.1, 0.15) is 5.75 Å². The summed E-state index contributed by atoms with van der Waals surface area (Å²) in [6, 6.07) is 11.2. The maximum atomic E-state index is 10.2. The highest BCUT2D eigenvalue weighted by molar-refractivity contribution is 5.54. The van der Waals surface area contributed by atoms with Crippen LogP contribution >= 0.6 is 0 Å². The maximum absolute atomic E-state index is 10.2. The van der Waals surface area contributed by atoms with Gasteiger partial charge in [0.05, 0.1) is 7.11 Å². The van der Waals surface area contributed by atoms with Crippen molar-refractivity contribution in [1.29, 1.82) is 0 Å². The number of methoxy groups -OCH3 is 1. The maximum Gasteiger partial charge on any atom is 0.201 e. The summed E-state index contributed by atoms with van der Waals surface area (Å²) < 4.78 is 11.0. The predicted molar refractivity (Wildman–Crippen MR) is 89.0 cm³/mol. The lowest BCUT2D eigenvalue weighted by Gasteiger charge is -2.13. The summed E-state index contributed by atoms with van der Waals surface area (Å²) in [6.07, 6.45) is 5.13. The number of ether oxygens (including phenoxy) is 2. The average Bonchev–Trinajstić information content (AvgIpc) is 2.52. The summed E-state index contributed by atoms with van der Waals surface area (Å²) >= 11 is 0. The summed E-state index contributed by atoms with van der Waals surface area (Å²) in [6.45, 7) is 7.44. The van der Waals surface area contributed by atoms with Crippen LogP contribution in [-0.4, -0.2) is 12.2 Å². The molecule has 0 unspecified atom stereocenters. The molecule has 0 aliphatic heterocycles. The first-order valence-corrected chi connectivity index (χ1v) is 7.06. The van der Waals surface area contributed by atoms with Gasteiger partial charge in [-0.15, -0.1) is 13.2 Å². The summed E-state index contributed by atoms with van der Waals surface area (Å²) in [5.74, 6) is 1.40. The predicted octanol–water partition coefficient (Wildman–Crippen LogP) is 4.65. The van der Waals surface area contributed by atoms with Crippen molar-refractivity contribution in [2.45, 2.75) is 12.8 Å². The summed E-state index contributed by atoms with van der Waals surface area (Å²) in [5.41, 5.74) is 2.12. The van der Waals surface area contributed by atoms with Crippen molar-refractivity contribution < 1.29 is 14.6 Å². The van der Waals surface area contributed by atoms with Crippen LogP contribution in [0.15, 0.2) is 61.7 Å². The number of allylic oxidation sites excluding steroid dienone is 2. The third-order valence-corrected chi connectivity index (χ3v) is 3.23. The van der Waals surface area contributed by atoms with Gasteiger partial charge >= 0.3 is 0 Å². The van der Waals surface area contributed by atoms with Crippen molar-refractivity contribution in [3.63, 3.8) is 0 Å². The van der Waals surface area contributed by atoms with Gasteiger partial charge in [0.25, 0.3) is 0 Å². The van der Waals surface area contributed by atoms with Crippen molar-refractivity contribution in [3.8, 4) is 23.0 Å². The van der Waals surface area contributed by atoms with E-state index in [9.17, 15) is 5.11 Å². The Morgan fingerprint density at radius 3 is 2.14 bits per heavy atom. The zero-order valence-corrected chi connectivity index (χ0v) is 12.7. The highest BCUT2D eigenvalue weighted by Gasteiger charge is 2.12. The molecule has 3 nitrogen and oxygen atoms in total. The van der Waals surface area contributed by atoms with E-state index >= 15 is 0 Å². The molecule has 0 bridgehead atoms. The van der Waals surface area contributed by atoms with E-state index in [0.717, 1.165) is 17.5 Å². The highest BCUT2D eigenvalue weighted by atomic mass is 16.5. The Morgan fingerprint density at radius 2 is 1.55 bits per heavy atom. The number of hydrogen-bond acceptors (Lipinski definition) is 3. The van der Waals surface area contributed by atoms with Gasteiger partial charge < -0.3 is 14.6 Å². The topological polar surface area (TPSA) is 38.7 Å². The molecule has 2 rings (SSSR count). The highest BCUT2D eigenvalue weighted by Crippen LogP contribution is 2.39. The zero-order chi connectivity index (χ0) is 15.9. The van der Waals surface area contributed by atoms with Crippen LogP contribution in [0.5, 0.6) is 23.0 Å². The van der Waals surface area contributed by atoms with Gasteiger partial charge in [-0.25, -0.2) is 0 Å². The van der Waals surface area contributed by atoms with Crippen LogP contribution in [0.25, 0.3) is 0 Å². The molecule has 0 aliphatic rings. The third kappa shape index (κ3) is 3.70. The van der Waals surface area contributed by atoms with Crippen LogP contribution in [0.4, 0.5) is 0 Å². The fraction of sp³-hybridized carbons (Fsp3) is 0.158. The van der Waals surface area contributed by atoms with Crippen LogP contribution < -0.4 is 9.47 Å². The molecule has 0 saturated heterocycles. The Kier molecular flexibility index (Phi) is 5.26. The fourth-order valence-electron chi connectivity index (χ4n) is 2.14. The molecule has 0 fully saturated rings. The molecule has 2 aromatic rings. The minimum atomic E-state index is -0.00881. The van der Waals surface area contributed by atoms with Gasteiger partial charge in [0, 0.05) is 0 Å². The van der Waals surface area contributed by atoms with Crippen molar-refractivity contribution >= 4 is 0 Å². The van der Waals surface area contributed by atoms with Gasteiger partial charge in [-0.05, 0) is 48.2 Å². The second-order valence-corrected chi connectivity index (χ2v) is 4.88. The molecule has 114 valence electrons. The minimum Gasteiger partial charge on any atom is -0.502 e. The lowest BCUT2D eigenvalue weighted by molar-refractivity contribution is 0.354. The number of hydrogen-bond donors (Lipinski definition) is 1. The first-order chi connectivity index (χ1) is 10.7. The molecule has 0 atom stereocenters. The lowest BCUT2D eigenvalue weighted by atomic mass is 10.1. The Labute approximate surface area is 131 Å². The molecule has 3 heteroatoms. The molecule has 2 aromatic carbocycles. The van der Waals surface area contributed by atoms with Crippen molar-refractivity contribution in [1.82, 2.24) is 0 Å². The van der Waals surface area contributed by atoms with E-state index < -0.39 is 0 Å². The molecule has 0 aromatic heterocycles. The second-order valence-electron chi connectivity index (χ2n) is 4.88. The molecule has 0 heterocycles. The van der Waals surface area contributed by atoms with E-state index in [1.807, 2.05) is 30.3 Å². The molecule has 1 N–H and O–H groups in total. The van der Waals surface area contributed by atoms with Crippen LogP contribution in [0, 0.1) is 0 Å². The molecule has 0 amide bonds. The second kappa shape index (κ2) is 7.36. The molecule has 0 spiro atoms. The van der Waals surface area contributed by atoms with E-state index in [1.54, 1.807) is 18.2 Å². The summed E-state index contributed by atoms with van der Waals surface area (Å²) in [5, 5.41) is 10.2. The van der Waals surface area contributed by atoms with Crippen LogP contribution in [0.3, 0.4) is 0 Å². The van der Waals surface area contributed by atoms with Crippen LogP contribution in [0.1, 0.15) is 11.1 Å². The Bertz CT molecular complexity index is 657. The fourth-order valence-corrected chi connectivity index (χ4v) is 2.14. The first kappa shape index (κ1) is 15.7. The van der Waals surface area contributed by atoms with E-state index in [1.165, 1.54) is 7.11 Å². The first-order valence-electron chi connectivity index (χ1n) is 7.06. The molecular weight excluding hydrogens is 276 g/mol. The largest absolute Gasteiger partial charge is 0.502 e. The van der Waals surface area contributed by atoms with Gasteiger partial charge in [0.15, 0.2) is 11.5 Å². The van der Waals surface area contributed by atoms with Crippen LogP contribution in [-0.2, 0) is 12.8 Å². The Hall–Kier alpha value is -2.68. The molecule has 22 heavy (non-hydrogen) atoms.